The van der Waals surface area contributed by atoms with E-state index >= 15 is 0 Å². The second-order valence-corrected chi connectivity index (χ2v) is 6.47. The van der Waals surface area contributed by atoms with Crippen molar-refractivity contribution in [2.45, 2.75) is 38.8 Å². The Bertz CT molecular complexity index is 455. The predicted octanol–water partition coefficient (Wildman–Crippen LogP) is 2.09. The third kappa shape index (κ3) is 4.82. The Kier molecular flexibility index (Phi) is 6.40. The van der Waals surface area contributed by atoms with Crippen molar-refractivity contribution in [2.75, 3.05) is 26.7 Å². The Balaban J connectivity index is 1.74. The van der Waals surface area contributed by atoms with E-state index < -0.39 is 0 Å². The molecule has 4 heteroatoms. The molecule has 0 aromatic heterocycles. The normalized spacial score (nSPS) is 17.7. The summed E-state index contributed by atoms with van der Waals surface area (Å²) in [6, 6.07) is 10.2. The number of amides is 1. The van der Waals surface area contributed by atoms with E-state index in [9.17, 15) is 4.79 Å². The first kappa shape index (κ1) is 17.0. The Morgan fingerprint density at radius 3 is 2.55 bits per heavy atom. The van der Waals surface area contributed by atoms with Crippen LogP contribution < -0.4 is 5.73 Å². The molecular weight excluding hydrogens is 274 g/mol. The summed E-state index contributed by atoms with van der Waals surface area (Å²) in [7, 11) is 2.18. The maximum absolute atomic E-state index is 12.1. The minimum Gasteiger partial charge on any atom is -0.341 e. The second-order valence-electron chi connectivity index (χ2n) is 6.47. The van der Waals surface area contributed by atoms with Crippen LogP contribution in [0, 0.1) is 5.92 Å². The van der Waals surface area contributed by atoms with Crippen molar-refractivity contribution in [1.29, 1.82) is 0 Å². The Labute approximate surface area is 134 Å². The number of rotatable bonds is 6. The van der Waals surface area contributed by atoms with E-state index in [1.807, 2.05) is 11.8 Å². The fourth-order valence-electron chi connectivity index (χ4n) is 3.15. The van der Waals surface area contributed by atoms with Gasteiger partial charge in [0.05, 0.1) is 6.04 Å². The Morgan fingerprint density at radius 2 is 1.95 bits per heavy atom. The van der Waals surface area contributed by atoms with Crippen LogP contribution in [-0.4, -0.2) is 48.4 Å². The maximum atomic E-state index is 12.1. The number of likely N-dealkylation sites (tertiary alicyclic amines) is 1. The second kappa shape index (κ2) is 8.30. The van der Waals surface area contributed by atoms with Gasteiger partial charge in [0.2, 0.25) is 5.91 Å². The number of carbonyl (C=O) groups excluding carboxylic acids is 1. The summed E-state index contributed by atoms with van der Waals surface area (Å²) in [5.41, 5.74) is 7.20. The van der Waals surface area contributed by atoms with Crippen LogP contribution >= 0.6 is 0 Å². The van der Waals surface area contributed by atoms with Gasteiger partial charge >= 0.3 is 0 Å². The summed E-state index contributed by atoms with van der Waals surface area (Å²) >= 11 is 0. The zero-order valence-electron chi connectivity index (χ0n) is 13.9. The summed E-state index contributed by atoms with van der Waals surface area (Å²) in [4.78, 5) is 16.4. The highest BCUT2D eigenvalue weighted by molar-refractivity contribution is 5.81. The van der Waals surface area contributed by atoms with Gasteiger partial charge in [-0.3, -0.25) is 4.79 Å². The molecule has 0 spiro atoms. The van der Waals surface area contributed by atoms with Gasteiger partial charge in [-0.2, -0.15) is 0 Å². The van der Waals surface area contributed by atoms with Crippen LogP contribution in [0.3, 0.4) is 0 Å². The zero-order chi connectivity index (χ0) is 15.9. The molecule has 0 bridgehead atoms. The lowest BCUT2D eigenvalue weighted by Crippen LogP contribution is -2.47. The minimum atomic E-state index is -0.322. The molecule has 0 saturated carbocycles. The molecule has 22 heavy (non-hydrogen) atoms. The molecule has 1 aromatic carbocycles. The van der Waals surface area contributed by atoms with Gasteiger partial charge < -0.3 is 15.5 Å². The lowest BCUT2D eigenvalue weighted by atomic mass is 9.95. The number of nitrogens with two attached hydrogens (primary N) is 1. The Hall–Kier alpha value is -1.39. The first-order chi connectivity index (χ1) is 10.6. The van der Waals surface area contributed by atoms with E-state index in [1.165, 1.54) is 5.56 Å². The summed E-state index contributed by atoms with van der Waals surface area (Å²) in [5, 5.41) is 0. The number of nitrogens with zero attached hydrogens (tertiary/aromatic N) is 2. The van der Waals surface area contributed by atoms with Crippen molar-refractivity contribution in [3.8, 4) is 0 Å². The fourth-order valence-corrected chi connectivity index (χ4v) is 3.15. The molecule has 0 aliphatic carbocycles. The van der Waals surface area contributed by atoms with Crippen molar-refractivity contribution >= 4 is 5.91 Å². The molecule has 0 radical (unpaired) electrons. The SMILES string of the molecule is CC[C@H](N)C(=O)N1CCC(CN(C)Cc2ccccc2)CC1. The van der Waals surface area contributed by atoms with Crippen molar-refractivity contribution in [3.05, 3.63) is 35.9 Å². The van der Waals surface area contributed by atoms with Crippen LogP contribution in [0.5, 0.6) is 0 Å². The molecule has 122 valence electrons. The largest absolute Gasteiger partial charge is 0.341 e. The molecule has 1 aliphatic heterocycles. The van der Waals surface area contributed by atoms with Crippen molar-refractivity contribution in [3.63, 3.8) is 0 Å². The van der Waals surface area contributed by atoms with Crippen molar-refractivity contribution in [1.82, 2.24) is 9.80 Å². The first-order valence-electron chi connectivity index (χ1n) is 8.37. The van der Waals surface area contributed by atoms with E-state index in [4.69, 9.17) is 5.73 Å². The average Bonchev–Trinajstić information content (AvgIpc) is 2.55. The molecule has 2 rings (SSSR count). The number of hydrogen-bond acceptors (Lipinski definition) is 3. The zero-order valence-corrected chi connectivity index (χ0v) is 13.9. The highest BCUT2D eigenvalue weighted by atomic mass is 16.2. The molecular formula is C18H29N3O. The van der Waals surface area contributed by atoms with Crippen LogP contribution in [0.15, 0.2) is 30.3 Å². The third-order valence-electron chi connectivity index (χ3n) is 4.55. The van der Waals surface area contributed by atoms with Crippen LogP contribution in [0.4, 0.5) is 0 Å². The standard InChI is InChI=1S/C18H29N3O/c1-3-17(19)18(22)21-11-9-16(10-12-21)14-20(2)13-15-7-5-4-6-8-15/h4-8,16-17H,3,9-14,19H2,1-2H3/t17-/m0/s1. The summed E-state index contributed by atoms with van der Waals surface area (Å²) < 4.78 is 0. The third-order valence-corrected chi connectivity index (χ3v) is 4.55. The van der Waals surface area contributed by atoms with E-state index in [-0.39, 0.29) is 11.9 Å². The molecule has 1 amide bonds. The molecule has 1 atom stereocenters. The smallest absolute Gasteiger partial charge is 0.239 e. The van der Waals surface area contributed by atoms with Gasteiger partial charge in [0.15, 0.2) is 0 Å². The fraction of sp³-hybridized carbons (Fsp3) is 0.611. The number of benzene rings is 1. The van der Waals surface area contributed by atoms with Crippen LogP contribution in [0.2, 0.25) is 0 Å². The predicted molar refractivity (Wildman–Crippen MR) is 90.3 cm³/mol. The number of piperidine rings is 1. The molecule has 1 aromatic rings. The first-order valence-corrected chi connectivity index (χ1v) is 8.37. The highest BCUT2D eigenvalue weighted by Crippen LogP contribution is 2.19. The van der Waals surface area contributed by atoms with Crippen LogP contribution in [0.25, 0.3) is 0 Å². The topological polar surface area (TPSA) is 49.6 Å². The number of carbonyl (C=O) groups is 1. The molecule has 0 unspecified atom stereocenters. The minimum absolute atomic E-state index is 0.124. The number of hydrogen-bond donors (Lipinski definition) is 1. The van der Waals surface area contributed by atoms with E-state index in [0.717, 1.165) is 45.4 Å². The molecule has 2 N–H and O–H groups in total. The van der Waals surface area contributed by atoms with Gasteiger partial charge in [-0.15, -0.1) is 0 Å². The van der Waals surface area contributed by atoms with Gasteiger partial charge in [0, 0.05) is 26.2 Å². The Morgan fingerprint density at radius 1 is 1.32 bits per heavy atom. The van der Waals surface area contributed by atoms with Crippen LogP contribution in [0.1, 0.15) is 31.7 Å². The molecule has 4 nitrogen and oxygen atoms in total. The molecule has 1 heterocycles. The average molecular weight is 303 g/mol. The monoisotopic (exact) mass is 303 g/mol. The summed E-state index contributed by atoms with van der Waals surface area (Å²) in [6.45, 7) is 5.76. The molecule has 1 aliphatic rings. The maximum Gasteiger partial charge on any atom is 0.239 e. The van der Waals surface area contributed by atoms with Crippen molar-refractivity contribution in [2.24, 2.45) is 11.7 Å². The molecule has 1 fully saturated rings. The van der Waals surface area contributed by atoms with Gasteiger partial charge in [-0.25, -0.2) is 0 Å². The van der Waals surface area contributed by atoms with E-state index in [2.05, 4.69) is 42.3 Å². The van der Waals surface area contributed by atoms with Gasteiger partial charge in [0.25, 0.3) is 0 Å². The van der Waals surface area contributed by atoms with Gasteiger partial charge in [0.1, 0.15) is 0 Å². The lowest BCUT2D eigenvalue weighted by Gasteiger charge is -2.35. The summed E-state index contributed by atoms with van der Waals surface area (Å²) in [5.74, 6) is 0.800. The highest BCUT2D eigenvalue weighted by Gasteiger charge is 2.25. The molecule has 1 saturated heterocycles. The van der Waals surface area contributed by atoms with Crippen molar-refractivity contribution < 1.29 is 4.79 Å². The van der Waals surface area contributed by atoms with Gasteiger partial charge in [-0.1, -0.05) is 37.3 Å². The van der Waals surface area contributed by atoms with Crippen LogP contribution in [-0.2, 0) is 11.3 Å². The van der Waals surface area contributed by atoms with Gasteiger partial charge in [-0.05, 0) is 37.8 Å². The van der Waals surface area contributed by atoms with E-state index in [0.29, 0.717) is 5.92 Å². The quantitative estimate of drug-likeness (QED) is 0.875. The lowest BCUT2D eigenvalue weighted by molar-refractivity contribution is -0.134. The van der Waals surface area contributed by atoms with E-state index in [1.54, 1.807) is 0 Å². The summed E-state index contributed by atoms with van der Waals surface area (Å²) in [6.07, 6.45) is 2.89.